The second kappa shape index (κ2) is 17.5. The molecule has 1 atom stereocenters. The average Bonchev–Trinajstić information content (AvgIpc) is 2.90. The van der Waals surface area contributed by atoms with Gasteiger partial charge in [-0.15, -0.1) is 0 Å². The third kappa shape index (κ3) is 10.7. The Labute approximate surface area is 253 Å². The normalized spacial score (nSPS) is 11.5. The third-order valence-electron chi connectivity index (χ3n) is 6.38. The number of carbonyl (C=O) groups is 2. The number of unbranched alkanes of at least 4 members (excludes halogenated alkanes) is 2. The van der Waals surface area contributed by atoms with Crippen LogP contribution in [0.15, 0.2) is 66.7 Å². The van der Waals surface area contributed by atoms with E-state index in [1.54, 1.807) is 6.07 Å². The van der Waals surface area contributed by atoms with Crippen LogP contribution in [0.3, 0.4) is 0 Å². The van der Waals surface area contributed by atoms with Crippen molar-refractivity contribution < 1.29 is 38.3 Å². The maximum absolute atomic E-state index is 13.2. The summed E-state index contributed by atoms with van der Waals surface area (Å²) in [5.74, 6) is -1.09. The van der Waals surface area contributed by atoms with Crippen LogP contribution in [-0.2, 0) is 22.6 Å². The van der Waals surface area contributed by atoms with Crippen LogP contribution in [0.2, 0.25) is 5.02 Å². The summed E-state index contributed by atoms with van der Waals surface area (Å²) >= 11 is 7.58. The predicted molar refractivity (Wildman–Crippen MR) is 155 cm³/mol. The minimum absolute atomic E-state index is 0. The number of carboxylic acids is 1. The Bertz CT molecular complexity index is 1220. The summed E-state index contributed by atoms with van der Waals surface area (Å²) in [6.07, 6.45) is 6.31. The van der Waals surface area contributed by atoms with Gasteiger partial charge in [0.2, 0.25) is 0 Å². The molecule has 0 radical (unpaired) electrons. The number of amides is 1. The maximum Gasteiger partial charge on any atom is 1.00 e. The van der Waals surface area contributed by atoms with Gasteiger partial charge in [-0.2, -0.15) is 11.8 Å². The fourth-order valence-corrected chi connectivity index (χ4v) is 4.97. The molecule has 5 nitrogen and oxygen atoms in total. The first-order valence-corrected chi connectivity index (χ1v) is 14.7. The first-order chi connectivity index (χ1) is 18.4. The molecule has 1 amide bonds. The summed E-state index contributed by atoms with van der Waals surface area (Å²) in [7, 11) is 0. The van der Waals surface area contributed by atoms with Gasteiger partial charge in [0.25, 0.3) is 5.91 Å². The van der Waals surface area contributed by atoms with E-state index < -0.39 is 17.9 Å². The molecular weight excluding hydrogens is 525 g/mol. The van der Waals surface area contributed by atoms with E-state index in [2.05, 4.69) is 11.4 Å². The monoisotopic (exact) mass is 559 g/mol. The van der Waals surface area contributed by atoms with Crippen molar-refractivity contribution in [1.82, 2.24) is 5.32 Å². The molecular formula is C31H35ClLiNO4S. The Morgan fingerprint density at radius 2 is 1.77 bits per heavy atom. The number of benzene rings is 3. The van der Waals surface area contributed by atoms with Crippen molar-refractivity contribution in [2.24, 2.45) is 0 Å². The first kappa shape index (κ1) is 33.0. The van der Waals surface area contributed by atoms with Crippen molar-refractivity contribution in [3.63, 3.8) is 0 Å². The molecule has 0 aromatic heterocycles. The number of carboxylic acid groups (broad SMARTS) is 1. The fourth-order valence-electron chi connectivity index (χ4n) is 4.29. The van der Waals surface area contributed by atoms with Crippen molar-refractivity contribution in [2.45, 2.75) is 51.7 Å². The molecule has 1 N–H and O–H groups in total. The minimum Gasteiger partial charge on any atom is -0.548 e. The Morgan fingerprint density at radius 1 is 0.974 bits per heavy atom. The topological polar surface area (TPSA) is 78.5 Å². The summed E-state index contributed by atoms with van der Waals surface area (Å²) in [5.41, 5.74) is 5.34. The number of aryl methyl sites for hydroxylation is 2. The van der Waals surface area contributed by atoms with E-state index in [0.29, 0.717) is 31.0 Å². The Morgan fingerprint density at radius 3 is 2.49 bits per heavy atom. The van der Waals surface area contributed by atoms with Crippen molar-refractivity contribution in [2.75, 3.05) is 18.6 Å². The van der Waals surface area contributed by atoms with Crippen LogP contribution in [0.25, 0.3) is 11.1 Å². The van der Waals surface area contributed by atoms with Crippen molar-refractivity contribution in [3.05, 3.63) is 94.0 Å². The number of rotatable bonds is 15. The van der Waals surface area contributed by atoms with Crippen LogP contribution in [0.1, 0.15) is 52.7 Å². The van der Waals surface area contributed by atoms with Crippen molar-refractivity contribution in [3.8, 4) is 11.1 Å². The Balaban J connectivity index is 0.00000533. The number of nitrogens with one attached hydrogen (secondary N) is 1. The van der Waals surface area contributed by atoms with E-state index in [1.807, 2.05) is 67.8 Å². The molecule has 3 aromatic carbocycles. The van der Waals surface area contributed by atoms with Crippen LogP contribution < -0.4 is 29.3 Å². The van der Waals surface area contributed by atoms with Gasteiger partial charge in [0.15, 0.2) is 0 Å². The van der Waals surface area contributed by atoms with E-state index in [9.17, 15) is 14.7 Å². The summed E-state index contributed by atoms with van der Waals surface area (Å²) in [5, 5.41) is 15.0. The molecule has 0 aliphatic heterocycles. The standard InChI is InChI=1S/C31H36ClNO4S.Li/c1-22-9-5-6-13-26(22)28-20-24(14-15-27(28)30(34)33-29(31(35)36)16-18-38-2)21-37-17-7-3-4-10-23-11-8-12-25(32)19-23;/h5-6,8-9,11-15,19-20,29H,3-4,7,10,16-18,21H2,1-2H3,(H,33,34)(H,35,36);/q;+1/p-1/t29-;/m0./s1. The molecule has 0 unspecified atom stereocenters. The van der Waals surface area contributed by atoms with Gasteiger partial charge < -0.3 is 20.0 Å². The Hall–Kier alpha value is -2.20. The molecule has 202 valence electrons. The van der Waals surface area contributed by atoms with Crippen molar-refractivity contribution >= 4 is 35.2 Å². The summed E-state index contributed by atoms with van der Waals surface area (Å²) < 4.78 is 5.94. The smallest absolute Gasteiger partial charge is 0.548 e. The molecule has 3 rings (SSSR count). The zero-order valence-electron chi connectivity index (χ0n) is 23.0. The number of hydrogen-bond donors (Lipinski definition) is 1. The largest absolute Gasteiger partial charge is 1.00 e. The quantitative estimate of drug-likeness (QED) is 0.229. The second-order valence-corrected chi connectivity index (χ2v) is 10.7. The summed E-state index contributed by atoms with van der Waals surface area (Å²) in [6, 6.07) is 20.4. The summed E-state index contributed by atoms with van der Waals surface area (Å²) in [6.45, 7) is 3.08. The van der Waals surface area contributed by atoms with Gasteiger partial charge in [0.1, 0.15) is 0 Å². The van der Waals surface area contributed by atoms with Gasteiger partial charge in [0, 0.05) is 17.2 Å². The molecule has 0 heterocycles. The van der Waals surface area contributed by atoms with E-state index in [-0.39, 0.29) is 18.9 Å². The molecule has 8 heteroatoms. The number of hydrogen-bond acceptors (Lipinski definition) is 5. The molecule has 39 heavy (non-hydrogen) atoms. The number of ether oxygens (including phenoxy) is 1. The van der Waals surface area contributed by atoms with E-state index in [4.69, 9.17) is 16.3 Å². The fraction of sp³-hybridized carbons (Fsp3) is 0.355. The summed E-state index contributed by atoms with van der Waals surface area (Å²) in [4.78, 5) is 24.8. The molecule has 0 fully saturated rings. The van der Waals surface area contributed by atoms with Crippen molar-refractivity contribution in [1.29, 1.82) is 0 Å². The van der Waals surface area contributed by atoms with Gasteiger partial charge in [0.05, 0.1) is 18.6 Å². The van der Waals surface area contributed by atoms with Gasteiger partial charge >= 0.3 is 18.9 Å². The molecule has 3 aromatic rings. The zero-order valence-corrected chi connectivity index (χ0v) is 24.6. The Kier molecular flexibility index (Phi) is 14.8. The zero-order chi connectivity index (χ0) is 27.3. The van der Waals surface area contributed by atoms with Gasteiger partial charge in [-0.1, -0.05) is 60.5 Å². The van der Waals surface area contributed by atoms with Gasteiger partial charge in [-0.3, -0.25) is 4.79 Å². The van der Waals surface area contributed by atoms with Crippen LogP contribution in [0.4, 0.5) is 0 Å². The molecule has 0 aliphatic carbocycles. The van der Waals surface area contributed by atoms with Gasteiger partial charge in [-0.05, 0) is 96.7 Å². The van der Waals surface area contributed by atoms with Crippen LogP contribution in [0, 0.1) is 6.92 Å². The first-order valence-electron chi connectivity index (χ1n) is 12.9. The maximum atomic E-state index is 13.2. The molecule has 0 bridgehead atoms. The molecule has 0 saturated carbocycles. The van der Waals surface area contributed by atoms with Crippen LogP contribution in [-0.4, -0.2) is 36.5 Å². The molecule has 0 spiro atoms. The molecule has 0 saturated heterocycles. The van der Waals surface area contributed by atoms with E-state index in [0.717, 1.165) is 53.0 Å². The number of halogens is 1. The number of thioether (sulfide) groups is 1. The van der Waals surface area contributed by atoms with E-state index in [1.165, 1.54) is 17.3 Å². The predicted octanol–water partition coefficient (Wildman–Crippen LogP) is 2.85. The third-order valence-corrected chi connectivity index (χ3v) is 7.26. The second-order valence-electron chi connectivity index (χ2n) is 9.31. The minimum atomic E-state index is -1.28. The van der Waals surface area contributed by atoms with Gasteiger partial charge in [-0.25, -0.2) is 0 Å². The van der Waals surface area contributed by atoms with Crippen LogP contribution in [0.5, 0.6) is 0 Å². The number of aliphatic carboxylic acids is 1. The molecule has 0 aliphatic rings. The SMILES string of the molecule is CSCC[C@H](NC(=O)c1ccc(COCCCCCc2cccc(Cl)c2)cc1-c1ccccc1C)C(=O)[O-].[Li+]. The van der Waals surface area contributed by atoms with Crippen LogP contribution >= 0.6 is 23.4 Å². The number of carbonyl (C=O) groups excluding carboxylic acids is 2. The average molecular weight is 560 g/mol. The van der Waals surface area contributed by atoms with E-state index >= 15 is 0 Å².